The van der Waals surface area contributed by atoms with Crippen LogP contribution in [0.2, 0.25) is 0 Å². The highest BCUT2D eigenvalue weighted by Gasteiger charge is 2.05. The highest BCUT2D eigenvalue weighted by Crippen LogP contribution is 2.11. The van der Waals surface area contributed by atoms with Crippen LogP contribution in [0.25, 0.3) is 0 Å². The molecule has 0 aromatic carbocycles. The second-order valence-electron chi connectivity index (χ2n) is 3.93. The Labute approximate surface area is 96.4 Å². The van der Waals surface area contributed by atoms with Gasteiger partial charge in [-0.05, 0) is 13.3 Å². The van der Waals surface area contributed by atoms with Crippen LogP contribution in [0.15, 0.2) is 21.5 Å². The Bertz CT molecular complexity index is 354. The van der Waals surface area contributed by atoms with Crippen LogP contribution < -0.4 is 10.2 Å². The van der Waals surface area contributed by atoms with Crippen LogP contribution >= 0.6 is 0 Å². The van der Waals surface area contributed by atoms with Crippen molar-refractivity contribution < 1.29 is 9.15 Å². The molecule has 1 aromatic rings. The summed E-state index contributed by atoms with van der Waals surface area (Å²) < 4.78 is 10.6. The van der Waals surface area contributed by atoms with Crippen molar-refractivity contribution in [2.24, 2.45) is 0 Å². The number of ether oxygens (including phenoxy) is 1. The third-order valence-corrected chi connectivity index (χ3v) is 2.50. The topological polar surface area (TPSA) is 39.4 Å². The molecule has 0 aliphatic heterocycles. The minimum Gasteiger partial charge on any atom is -0.487 e. The van der Waals surface area contributed by atoms with Crippen LogP contribution in [0.5, 0.6) is 5.75 Å². The second-order valence-corrected chi connectivity index (χ2v) is 3.93. The van der Waals surface area contributed by atoms with E-state index in [0.29, 0.717) is 18.1 Å². The van der Waals surface area contributed by atoms with Gasteiger partial charge in [0.1, 0.15) is 5.76 Å². The van der Waals surface area contributed by atoms with Gasteiger partial charge in [-0.1, -0.05) is 32.6 Å². The van der Waals surface area contributed by atoms with E-state index in [-0.39, 0.29) is 5.43 Å². The van der Waals surface area contributed by atoms with Crippen molar-refractivity contribution in [2.45, 2.75) is 46.0 Å². The summed E-state index contributed by atoms with van der Waals surface area (Å²) in [5.74, 6) is 0.916. The van der Waals surface area contributed by atoms with Gasteiger partial charge in [-0.15, -0.1) is 0 Å². The maximum absolute atomic E-state index is 11.4. The van der Waals surface area contributed by atoms with Crippen LogP contribution in [-0.2, 0) is 0 Å². The van der Waals surface area contributed by atoms with Crippen molar-refractivity contribution in [3.8, 4) is 5.75 Å². The first-order valence-corrected chi connectivity index (χ1v) is 5.97. The Morgan fingerprint density at radius 3 is 2.69 bits per heavy atom. The molecule has 16 heavy (non-hydrogen) atoms. The average Bonchev–Trinajstić information content (AvgIpc) is 2.26. The Balaban J connectivity index is 2.29. The van der Waals surface area contributed by atoms with Gasteiger partial charge in [-0.2, -0.15) is 0 Å². The Hall–Kier alpha value is -1.25. The van der Waals surface area contributed by atoms with Crippen molar-refractivity contribution in [1.82, 2.24) is 0 Å². The Kier molecular flexibility index (Phi) is 5.68. The molecule has 0 radical (unpaired) electrons. The van der Waals surface area contributed by atoms with E-state index in [1.165, 1.54) is 31.6 Å². The zero-order chi connectivity index (χ0) is 11.8. The van der Waals surface area contributed by atoms with Gasteiger partial charge in [0.2, 0.25) is 11.2 Å². The molecule has 0 bridgehead atoms. The average molecular weight is 224 g/mol. The summed E-state index contributed by atoms with van der Waals surface area (Å²) in [7, 11) is 0. The number of hydrogen-bond donors (Lipinski definition) is 0. The van der Waals surface area contributed by atoms with Crippen molar-refractivity contribution in [3.63, 3.8) is 0 Å². The van der Waals surface area contributed by atoms with Crippen LogP contribution in [0.1, 0.15) is 44.8 Å². The monoisotopic (exact) mass is 224 g/mol. The van der Waals surface area contributed by atoms with Crippen LogP contribution in [-0.4, -0.2) is 6.61 Å². The normalized spacial score (nSPS) is 10.4. The molecule has 1 aromatic heterocycles. The lowest BCUT2D eigenvalue weighted by Gasteiger charge is -2.06. The lowest BCUT2D eigenvalue weighted by molar-refractivity contribution is 0.286. The number of hydrogen-bond acceptors (Lipinski definition) is 3. The van der Waals surface area contributed by atoms with E-state index in [1.807, 2.05) is 0 Å². The molecule has 0 saturated heterocycles. The second kappa shape index (κ2) is 7.09. The number of rotatable bonds is 7. The molecular weight excluding hydrogens is 204 g/mol. The molecule has 0 aliphatic rings. The van der Waals surface area contributed by atoms with E-state index < -0.39 is 0 Å². The van der Waals surface area contributed by atoms with E-state index in [0.717, 1.165) is 12.8 Å². The molecule has 0 aliphatic carbocycles. The molecule has 1 rings (SSSR count). The molecule has 3 heteroatoms. The molecule has 0 atom stereocenters. The van der Waals surface area contributed by atoms with Crippen molar-refractivity contribution in [2.75, 3.05) is 6.61 Å². The summed E-state index contributed by atoms with van der Waals surface area (Å²) in [4.78, 5) is 11.4. The van der Waals surface area contributed by atoms with Gasteiger partial charge < -0.3 is 9.15 Å². The maximum atomic E-state index is 11.4. The molecule has 0 fully saturated rings. The molecule has 0 saturated carbocycles. The van der Waals surface area contributed by atoms with Gasteiger partial charge in [-0.25, -0.2) is 0 Å². The van der Waals surface area contributed by atoms with Crippen molar-refractivity contribution >= 4 is 0 Å². The quantitative estimate of drug-likeness (QED) is 0.667. The molecule has 0 spiro atoms. The molecule has 0 N–H and O–H groups in total. The third-order valence-electron chi connectivity index (χ3n) is 2.50. The van der Waals surface area contributed by atoms with E-state index >= 15 is 0 Å². The zero-order valence-corrected chi connectivity index (χ0v) is 10.1. The summed E-state index contributed by atoms with van der Waals surface area (Å²) in [6.45, 7) is 4.53. The van der Waals surface area contributed by atoms with E-state index in [2.05, 4.69) is 6.92 Å². The maximum Gasteiger partial charge on any atom is 0.226 e. The molecule has 3 nitrogen and oxygen atoms in total. The van der Waals surface area contributed by atoms with E-state index in [9.17, 15) is 4.79 Å². The fourth-order valence-electron chi connectivity index (χ4n) is 1.55. The fraction of sp³-hybridized carbons (Fsp3) is 0.615. The molecular formula is C13H20O3. The van der Waals surface area contributed by atoms with Gasteiger partial charge in [-0.3, -0.25) is 4.79 Å². The first kappa shape index (κ1) is 12.8. The summed E-state index contributed by atoms with van der Waals surface area (Å²) in [6.07, 6.45) is 7.29. The SMILES string of the molecule is CCCCCCCOc1c(C)occc1=O. The minimum absolute atomic E-state index is 0.0997. The van der Waals surface area contributed by atoms with Crippen LogP contribution in [0, 0.1) is 6.92 Å². The van der Waals surface area contributed by atoms with Gasteiger partial charge in [0, 0.05) is 6.07 Å². The first-order valence-electron chi connectivity index (χ1n) is 5.97. The van der Waals surface area contributed by atoms with Gasteiger partial charge in [0.25, 0.3) is 0 Å². The van der Waals surface area contributed by atoms with Gasteiger partial charge in [0.05, 0.1) is 12.9 Å². The summed E-state index contributed by atoms with van der Waals surface area (Å²) >= 11 is 0. The molecule has 1 heterocycles. The van der Waals surface area contributed by atoms with Gasteiger partial charge >= 0.3 is 0 Å². The lowest BCUT2D eigenvalue weighted by atomic mass is 10.2. The summed E-state index contributed by atoms with van der Waals surface area (Å²) in [5, 5.41) is 0. The number of unbranched alkanes of at least 4 members (excludes halogenated alkanes) is 4. The third kappa shape index (κ3) is 4.09. The molecule has 0 amide bonds. The van der Waals surface area contributed by atoms with Gasteiger partial charge in [0.15, 0.2) is 0 Å². The fourth-order valence-corrected chi connectivity index (χ4v) is 1.55. The van der Waals surface area contributed by atoms with Crippen molar-refractivity contribution in [3.05, 3.63) is 28.3 Å². The largest absolute Gasteiger partial charge is 0.487 e. The number of aryl methyl sites for hydroxylation is 1. The van der Waals surface area contributed by atoms with E-state index in [1.54, 1.807) is 6.92 Å². The molecule has 90 valence electrons. The highest BCUT2D eigenvalue weighted by atomic mass is 16.5. The first-order chi connectivity index (χ1) is 7.75. The smallest absolute Gasteiger partial charge is 0.226 e. The van der Waals surface area contributed by atoms with Crippen LogP contribution in [0.4, 0.5) is 0 Å². The summed E-state index contributed by atoms with van der Waals surface area (Å²) in [6, 6.07) is 1.39. The minimum atomic E-state index is -0.0997. The highest BCUT2D eigenvalue weighted by molar-refractivity contribution is 5.22. The summed E-state index contributed by atoms with van der Waals surface area (Å²) in [5.41, 5.74) is -0.0997. The predicted molar refractivity (Wildman–Crippen MR) is 64.0 cm³/mol. The zero-order valence-electron chi connectivity index (χ0n) is 10.1. The Morgan fingerprint density at radius 2 is 2.00 bits per heavy atom. The van der Waals surface area contributed by atoms with Crippen molar-refractivity contribution in [1.29, 1.82) is 0 Å². The standard InChI is InChI=1S/C13H20O3/c1-3-4-5-6-7-9-16-13-11(2)15-10-8-12(13)14/h8,10H,3-7,9H2,1-2H3. The van der Waals surface area contributed by atoms with E-state index in [4.69, 9.17) is 9.15 Å². The lowest BCUT2D eigenvalue weighted by Crippen LogP contribution is -2.09. The predicted octanol–water partition coefficient (Wildman–Crippen LogP) is 3.30. The molecule has 0 unspecified atom stereocenters. The van der Waals surface area contributed by atoms with Crippen LogP contribution in [0.3, 0.4) is 0 Å². The Morgan fingerprint density at radius 1 is 1.25 bits per heavy atom.